The second kappa shape index (κ2) is 8.41. The highest BCUT2D eigenvalue weighted by molar-refractivity contribution is 5.67. The summed E-state index contributed by atoms with van der Waals surface area (Å²) in [5, 5.41) is 6.39. The minimum Gasteiger partial charge on any atom is -0.444 e. The number of nitrogens with one attached hydrogen (secondary N) is 2. The zero-order chi connectivity index (χ0) is 15.1. The lowest BCUT2D eigenvalue weighted by molar-refractivity contribution is 0.0506. The Morgan fingerprint density at radius 3 is 2.21 bits per heavy atom. The maximum absolute atomic E-state index is 11.6. The zero-order valence-electron chi connectivity index (χ0n) is 13.7. The largest absolute Gasteiger partial charge is 0.444 e. The van der Waals surface area contributed by atoms with Crippen LogP contribution in [0.4, 0.5) is 4.79 Å². The van der Waals surface area contributed by atoms with E-state index in [2.05, 4.69) is 31.4 Å². The van der Waals surface area contributed by atoms with Gasteiger partial charge in [0.1, 0.15) is 5.60 Å². The van der Waals surface area contributed by atoms with Gasteiger partial charge in [-0.25, -0.2) is 4.79 Å². The third-order valence-electron chi connectivity index (χ3n) is 2.99. The molecule has 2 unspecified atom stereocenters. The van der Waals surface area contributed by atoms with Crippen LogP contribution in [-0.4, -0.2) is 30.3 Å². The van der Waals surface area contributed by atoms with Crippen LogP contribution < -0.4 is 10.6 Å². The smallest absolute Gasteiger partial charge is 0.407 e. The van der Waals surface area contributed by atoms with Crippen LogP contribution in [0.15, 0.2) is 0 Å². The molecule has 0 aliphatic heterocycles. The Morgan fingerprint density at radius 1 is 1.21 bits per heavy atom. The standard InChI is InChI=1S/C15H32N2O2/c1-8-13(11(2)3)16-10-9-12(4)17-14(18)19-15(5,6)7/h11-13,16H,8-10H2,1-7H3,(H,17,18). The molecule has 0 fully saturated rings. The molecule has 2 N–H and O–H groups in total. The summed E-state index contributed by atoms with van der Waals surface area (Å²) in [7, 11) is 0. The summed E-state index contributed by atoms with van der Waals surface area (Å²) in [5.74, 6) is 0.638. The van der Waals surface area contributed by atoms with Crippen LogP contribution in [0.2, 0.25) is 0 Å². The van der Waals surface area contributed by atoms with Crippen LogP contribution >= 0.6 is 0 Å². The molecule has 1 amide bonds. The second-order valence-electron chi connectivity index (χ2n) is 6.55. The van der Waals surface area contributed by atoms with E-state index in [0.717, 1.165) is 19.4 Å². The zero-order valence-corrected chi connectivity index (χ0v) is 13.7. The molecular weight excluding hydrogens is 240 g/mol. The third-order valence-corrected chi connectivity index (χ3v) is 2.99. The van der Waals surface area contributed by atoms with Crippen molar-refractivity contribution < 1.29 is 9.53 Å². The van der Waals surface area contributed by atoms with E-state index in [1.54, 1.807) is 0 Å². The second-order valence-corrected chi connectivity index (χ2v) is 6.55. The van der Waals surface area contributed by atoms with Crippen molar-refractivity contribution in [1.82, 2.24) is 10.6 Å². The average Bonchev–Trinajstić information content (AvgIpc) is 2.20. The van der Waals surface area contributed by atoms with Crippen LogP contribution in [0, 0.1) is 5.92 Å². The van der Waals surface area contributed by atoms with Gasteiger partial charge in [0, 0.05) is 12.1 Å². The first-order valence-corrected chi connectivity index (χ1v) is 7.38. The summed E-state index contributed by atoms with van der Waals surface area (Å²) in [5.41, 5.74) is -0.437. The highest BCUT2D eigenvalue weighted by atomic mass is 16.6. The van der Waals surface area contributed by atoms with Crippen LogP contribution in [0.1, 0.15) is 61.3 Å². The Labute approximate surface area is 118 Å². The summed E-state index contributed by atoms with van der Waals surface area (Å²) in [6.07, 6.45) is 1.70. The Hall–Kier alpha value is -0.770. The van der Waals surface area contributed by atoms with Crippen LogP contribution in [-0.2, 0) is 4.74 Å². The molecule has 0 aromatic heterocycles. The fourth-order valence-electron chi connectivity index (χ4n) is 1.92. The molecule has 0 rings (SSSR count). The lowest BCUT2D eigenvalue weighted by atomic mass is 10.0. The van der Waals surface area contributed by atoms with Gasteiger partial charge >= 0.3 is 6.09 Å². The first kappa shape index (κ1) is 18.2. The van der Waals surface area contributed by atoms with Crippen molar-refractivity contribution in [1.29, 1.82) is 0 Å². The van der Waals surface area contributed by atoms with Crippen molar-refractivity contribution >= 4 is 6.09 Å². The van der Waals surface area contributed by atoms with E-state index in [1.807, 2.05) is 27.7 Å². The highest BCUT2D eigenvalue weighted by Gasteiger charge is 2.17. The Bertz CT molecular complexity index is 259. The highest BCUT2D eigenvalue weighted by Crippen LogP contribution is 2.07. The molecule has 0 spiro atoms. The summed E-state index contributed by atoms with van der Waals surface area (Å²) in [4.78, 5) is 11.6. The molecule has 114 valence electrons. The van der Waals surface area contributed by atoms with Gasteiger partial charge in [-0.05, 0) is 53.0 Å². The minimum absolute atomic E-state index is 0.118. The Kier molecular flexibility index (Phi) is 8.07. The molecule has 0 aliphatic rings. The number of amides is 1. The molecule has 0 heterocycles. The summed E-state index contributed by atoms with van der Waals surface area (Å²) < 4.78 is 5.22. The van der Waals surface area contributed by atoms with Crippen molar-refractivity contribution in [3.8, 4) is 0 Å². The first-order chi connectivity index (χ1) is 8.65. The van der Waals surface area contributed by atoms with Crippen molar-refractivity contribution in [2.75, 3.05) is 6.54 Å². The number of carbonyl (C=O) groups excluding carboxylic acids is 1. The van der Waals surface area contributed by atoms with Gasteiger partial charge in [0.2, 0.25) is 0 Å². The Morgan fingerprint density at radius 2 is 1.79 bits per heavy atom. The molecular formula is C15H32N2O2. The number of carbonyl (C=O) groups is 1. The molecule has 19 heavy (non-hydrogen) atoms. The average molecular weight is 272 g/mol. The first-order valence-electron chi connectivity index (χ1n) is 7.38. The van der Waals surface area contributed by atoms with Crippen molar-refractivity contribution in [3.05, 3.63) is 0 Å². The van der Waals surface area contributed by atoms with E-state index >= 15 is 0 Å². The summed E-state index contributed by atoms with van der Waals surface area (Å²) in [6.45, 7) is 15.2. The van der Waals surface area contributed by atoms with Crippen molar-refractivity contribution in [2.45, 2.75) is 79.0 Å². The Balaban J connectivity index is 3.87. The molecule has 4 heteroatoms. The molecule has 0 aromatic carbocycles. The van der Waals surface area contributed by atoms with Gasteiger partial charge in [-0.1, -0.05) is 20.8 Å². The van der Waals surface area contributed by atoms with Crippen LogP contribution in [0.25, 0.3) is 0 Å². The molecule has 0 bridgehead atoms. The fourth-order valence-corrected chi connectivity index (χ4v) is 1.92. The van der Waals surface area contributed by atoms with Gasteiger partial charge in [0.15, 0.2) is 0 Å². The van der Waals surface area contributed by atoms with E-state index in [4.69, 9.17) is 4.74 Å². The third kappa shape index (κ3) is 9.77. The van der Waals surface area contributed by atoms with Gasteiger partial charge in [-0.15, -0.1) is 0 Å². The number of alkyl carbamates (subject to hydrolysis) is 1. The quantitative estimate of drug-likeness (QED) is 0.747. The molecule has 0 aliphatic carbocycles. The van der Waals surface area contributed by atoms with Gasteiger partial charge in [-0.3, -0.25) is 0 Å². The summed E-state index contributed by atoms with van der Waals surface area (Å²) in [6, 6.07) is 0.667. The van der Waals surface area contributed by atoms with Crippen LogP contribution in [0.5, 0.6) is 0 Å². The van der Waals surface area contributed by atoms with Gasteiger partial charge in [0.25, 0.3) is 0 Å². The van der Waals surface area contributed by atoms with Crippen LogP contribution in [0.3, 0.4) is 0 Å². The van der Waals surface area contributed by atoms with E-state index in [-0.39, 0.29) is 12.1 Å². The van der Waals surface area contributed by atoms with Gasteiger partial charge in [-0.2, -0.15) is 0 Å². The van der Waals surface area contributed by atoms with Gasteiger partial charge < -0.3 is 15.4 Å². The number of hydrogen-bond acceptors (Lipinski definition) is 3. The van der Waals surface area contributed by atoms with Gasteiger partial charge in [0.05, 0.1) is 0 Å². The molecule has 0 radical (unpaired) electrons. The van der Waals surface area contributed by atoms with E-state index in [1.165, 1.54) is 0 Å². The molecule has 4 nitrogen and oxygen atoms in total. The predicted octanol–water partition coefficient (Wildman–Crippen LogP) is 3.31. The maximum atomic E-state index is 11.6. The fraction of sp³-hybridized carbons (Fsp3) is 0.933. The number of ether oxygens (including phenoxy) is 1. The molecule has 0 saturated carbocycles. The molecule has 0 saturated heterocycles. The number of rotatable bonds is 7. The lowest BCUT2D eigenvalue weighted by Crippen LogP contribution is -2.40. The maximum Gasteiger partial charge on any atom is 0.407 e. The van der Waals surface area contributed by atoms with Crippen molar-refractivity contribution in [3.63, 3.8) is 0 Å². The van der Waals surface area contributed by atoms with E-state index < -0.39 is 5.60 Å². The molecule has 0 aromatic rings. The minimum atomic E-state index is -0.437. The van der Waals surface area contributed by atoms with E-state index in [9.17, 15) is 4.79 Å². The SMILES string of the molecule is CCC(NCCC(C)NC(=O)OC(C)(C)C)C(C)C. The normalized spacial score (nSPS) is 15.2. The lowest BCUT2D eigenvalue weighted by Gasteiger charge is -2.24. The van der Waals surface area contributed by atoms with Crippen molar-refractivity contribution in [2.24, 2.45) is 5.92 Å². The predicted molar refractivity (Wildman–Crippen MR) is 80.4 cm³/mol. The summed E-state index contributed by atoms with van der Waals surface area (Å²) >= 11 is 0. The molecule has 2 atom stereocenters. The topological polar surface area (TPSA) is 50.4 Å². The monoisotopic (exact) mass is 272 g/mol. The van der Waals surface area contributed by atoms with E-state index in [0.29, 0.717) is 12.0 Å². The number of hydrogen-bond donors (Lipinski definition) is 2.